The van der Waals surface area contributed by atoms with E-state index in [-0.39, 0.29) is 11.3 Å². The molecule has 0 aromatic heterocycles. The number of likely N-dealkylation sites (tertiary alicyclic amines) is 2. The molecule has 148 valence electrons. The molecule has 1 spiro atoms. The second kappa shape index (κ2) is 7.76. The molecule has 2 aliphatic heterocycles. The summed E-state index contributed by atoms with van der Waals surface area (Å²) in [6, 6.07) is 5.20. The zero-order chi connectivity index (χ0) is 19.6. The lowest BCUT2D eigenvalue weighted by Crippen LogP contribution is -2.42. The van der Waals surface area contributed by atoms with Gasteiger partial charge in [0.1, 0.15) is 17.5 Å². The van der Waals surface area contributed by atoms with Crippen LogP contribution < -0.4 is 9.47 Å². The number of piperidine rings is 1. The average molecular weight is 376 g/mol. The Hall–Kier alpha value is -2.28. The number of rotatable bonds is 5. The summed E-state index contributed by atoms with van der Waals surface area (Å²) in [6.45, 7) is 4.58. The van der Waals surface area contributed by atoms with Crippen LogP contribution in [0.15, 0.2) is 18.2 Å². The van der Waals surface area contributed by atoms with E-state index in [4.69, 9.17) is 9.47 Å². The summed E-state index contributed by atoms with van der Waals surface area (Å²) in [5, 5.41) is 9.46. The zero-order valence-corrected chi connectivity index (χ0v) is 16.2. The van der Waals surface area contributed by atoms with Crippen LogP contribution >= 0.6 is 0 Å². The van der Waals surface area contributed by atoms with Gasteiger partial charge < -0.3 is 19.5 Å². The molecule has 1 N–H and O–H groups in total. The molecule has 0 saturated carbocycles. The largest absolute Gasteiger partial charge is 0.497 e. The summed E-state index contributed by atoms with van der Waals surface area (Å²) >= 11 is 0. The van der Waals surface area contributed by atoms with Crippen molar-refractivity contribution in [1.29, 1.82) is 0 Å². The van der Waals surface area contributed by atoms with Crippen LogP contribution in [0.4, 0.5) is 0 Å². The third-order valence-electron chi connectivity index (χ3n) is 5.93. The Morgan fingerprint density at radius 1 is 1.15 bits per heavy atom. The fraction of sp³-hybridized carbons (Fsp3) is 0.600. The molecule has 3 rings (SSSR count). The standard InChI is InChI=1S/C20H28N2O5/c1-14(23)22-13-20(11-18(22)19(24)25)4-6-21(7-5-20)12-15-8-16(26-2)10-17(9-15)27-3/h8-10,18H,4-7,11-13H2,1-3H3,(H,24,25). The van der Waals surface area contributed by atoms with Crippen molar-refractivity contribution in [2.75, 3.05) is 33.9 Å². The van der Waals surface area contributed by atoms with E-state index in [0.717, 1.165) is 49.5 Å². The highest BCUT2D eigenvalue weighted by Crippen LogP contribution is 2.43. The Bertz CT molecular complexity index is 666. The maximum absolute atomic E-state index is 11.8. The van der Waals surface area contributed by atoms with Gasteiger partial charge in [0.25, 0.3) is 0 Å². The van der Waals surface area contributed by atoms with Gasteiger partial charge in [0.2, 0.25) is 5.91 Å². The number of methoxy groups -OCH3 is 2. The average Bonchev–Trinajstić information content (AvgIpc) is 3.03. The third kappa shape index (κ3) is 4.18. The van der Waals surface area contributed by atoms with Crippen molar-refractivity contribution >= 4 is 11.9 Å². The fourth-order valence-corrected chi connectivity index (χ4v) is 4.37. The number of carbonyl (C=O) groups is 2. The van der Waals surface area contributed by atoms with Gasteiger partial charge in [0, 0.05) is 26.1 Å². The van der Waals surface area contributed by atoms with E-state index in [9.17, 15) is 14.7 Å². The second-order valence-corrected chi connectivity index (χ2v) is 7.70. The maximum Gasteiger partial charge on any atom is 0.326 e. The normalized spacial score (nSPS) is 22.0. The Labute approximate surface area is 159 Å². The number of hydrogen-bond acceptors (Lipinski definition) is 5. The molecular formula is C20H28N2O5. The van der Waals surface area contributed by atoms with Gasteiger partial charge in [0.15, 0.2) is 0 Å². The minimum absolute atomic E-state index is 0.0721. The summed E-state index contributed by atoms with van der Waals surface area (Å²) in [5.74, 6) is 0.503. The van der Waals surface area contributed by atoms with Gasteiger partial charge in [0.05, 0.1) is 14.2 Å². The van der Waals surface area contributed by atoms with Crippen molar-refractivity contribution in [3.63, 3.8) is 0 Å². The Morgan fingerprint density at radius 2 is 1.74 bits per heavy atom. The van der Waals surface area contributed by atoms with E-state index in [1.807, 2.05) is 18.2 Å². The van der Waals surface area contributed by atoms with Crippen molar-refractivity contribution in [3.05, 3.63) is 23.8 Å². The van der Waals surface area contributed by atoms with Gasteiger partial charge in [-0.1, -0.05) is 0 Å². The third-order valence-corrected chi connectivity index (χ3v) is 5.93. The molecule has 2 fully saturated rings. The number of carboxylic acid groups (broad SMARTS) is 1. The van der Waals surface area contributed by atoms with Crippen LogP contribution in [0.5, 0.6) is 11.5 Å². The van der Waals surface area contributed by atoms with Crippen molar-refractivity contribution < 1.29 is 24.2 Å². The Kier molecular flexibility index (Phi) is 5.60. The summed E-state index contributed by atoms with van der Waals surface area (Å²) < 4.78 is 10.7. The van der Waals surface area contributed by atoms with Crippen LogP contribution in [0.25, 0.3) is 0 Å². The van der Waals surface area contributed by atoms with Gasteiger partial charge in [-0.05, 0) is 55.5 Å². The molecule has 7 nitrogen and oxygen atoms in total. The van der Waals surface area contributed by atoms with E-state index in [0.29, 0.717) is 13.0 Å². The molecule has 2 heterocycles. The van der Waals surface area contributed by atoms with Crippen LogP contribution in [0.1, 0.15) is 31.7 Å². The lowest BCUT2D eigenvalue weighted by molar-refractivity contribution is -0.147. The summed E-state index contributed by atoms with van der Waals surface area (Å²) in [4.78, 5) is 27.3. The number of hydrogen-bond donors (Lipinski definition) is 1. The van der Waals surface area contributed by atoms with Crippen LogP contribution in [0.3, 0.4) is 0 Å². The first-order valence-corrected chi connectivity index (χ1v) is 9.30. The molecule has 27 heavy (non-hydrogen) atoms. The number of ether oxygens (including phenoxy) is 2. The smallest absolute Gasteiger partial charge is 0.326 e. The van der Waals surface area contributed by atoms with Crippen LogP contribution in [-0.2, 0) is 16.1 Å². The number of aliphatic carboxylic acids is 1. The van der Waals surface area contributed by atoms with Crippen molar-refractivity contribution in [2.24, 2.45) is 5.41 Å². The highest BCUT2D eigenvalue weighted by Gasteiger charge is 2.49. The van der Waals surface area contributed by atoms with E-state index >= 15 is 0 Å². The molecule has 1 aromatic carbocycles. The van der Waals surface area contributed by atoms with Crippen molar-refractivity contribution in [2.45, 2.75) is 38.8 Å². The predicted molar refractivity (Wildman–Crippen MR) is 99.9 cm³/mol. The SMILES string of the molecule is COc1cc(CN2CCC3(CC2)CC(C(=O)O)N(C(C)=O)C3)cc(OC)c1. The molecule has 1 unspecified atom stereocenters. The quantitative estimate of drug-likeness (QED) is 0.847. The number of amides is 1. The van der Waals surface area contributed by atoms with Crippen molar-refractivity contribution in [3.8, 4) is 11.5 Å². The molecule has 2 aliphatic rings. The van der Waals surface area contributed by atoms with Crippen molar-refractivity contribution in [1.82, 2.24) is 9.80 Å². The molecule has 0 radical (unpaired) electrons. The fourth-order valence-electron chi connectivity index (χ4n) is 4.37. The van der Waals surface area contributed by atoms with Gasteiger partial charge >= 0.3 is 5.97 Å². The first-order valence-electron chi connectivity index (χ1n) is 9.30. The van der Waals surface area contributed by atoms with E-state index in [1.165, 1.54) is 11.8 Å². The van der Waals surface area contributed by atoms with Crippen LogP contribution in [-0.4, -0.2) is 66.7 Å². The highest BCUT2D eigenvalue weighted by molar-refractivity contribution is 5.83. The minimum atomic E-state index is -0.895. The predicted octanol–water partition coefficient (Wildman–Crippen LogP) is 1.99. The van der Waals surface area contributed by atoms with Gasteiger partial charge in [-0.2, -0.15) is 0 Å². The van der Waals surface area contributed by atoms with E-state index in [1.54, 1.807) is 14.2 Å². The first kappa shape index (κ1) is 19.5. The highest BCUT2D eigenvalue weighted by atomic mass is 16.5. The number of carboxylic acids is 1. The van der Waals surface area contributed by atoms with E-state index < -0.39 is 12.0 Å². The van der Waals surface area contributed by atoms with Gasteiger partial charge in [-0.15, -0.1) is 0 Å². The molecule has 0 bridgehead atoms. The monoisotopic (exact) mass is 376 g/mol. The lowest BCUT2D eigenvalue weighted by Gasteiger charge is -2.39. The topological polar surface area (TPSA) is 79.3 Å². The molecule has 1 aromatic rings. The summed E-state index contributed by atoms with van der Waals surface area (Å²) in [5.41, 5.74) is 1.06. The molecular weight excluding hydrogens is 348 g/mol. The van der Waals surface area contributed by atoms with E-state index in [2.05, 4.69) is 4.90 Å². The molecule has 1 amide bonds. The zero-order valence-electron chi connectivity index (χ0n) is 16.2. The minimum Gasteiger partial charge on any atom is -0.497 e. The lowest BCUT2D eigenvalue weighted by atomic mass is 9.76. The Balaban J connectivity index is 1.64. The summed E-state index contributed by atoms with van der Waals surface area (Å²) in [6.07, 6.45) is 2.37. The summed E-state index contributed by atoms with van der Waals surface area (Å²) in [7, 11) is 3.28. The first-order chi connectivity index (χ1) is 12.9. The molecule has 7 heteroatoms. The van der Waals surface area contributed by atoms with Crippen LogP contribution in [0.2, 0.25) is 0 Å². The van der Waals surface area contributed by atoms with Crippen LogP contribution in [0, 0.1) is 5.41 Å². The van der Waals surface area contributed by atoms with Gasteiger partial charge in [-0.25, -0.2) is 4.79 Å². The molecule has 2 saturated heterocycles. The molecule has 0 aliphatic carbocycles. The number of benzene rings is 1. The number of carbonyl (C=O) groups excluding carboxylic acids is 1. The maximum atomic E-state index is 11.8. The van der Waals surface area contributed by atoms with Gasteiger partial charge in [-0.3, -0.25) is 9.69 Å². The second-order valence-electron chi connectivity index (χ2n) is 7.70. The number of nitrogens with zero attached hydrogens (tertiary/aromatic N) is 2. The molecule has 1 atom stereocenters. The Morgan fingerprint density at radius 3 is 2.19 bits per heavy atom.